The zero-order valence-corrected chi connectivity index (χ0v) is 19.4. The topological polar surface area (TPSA) is 87.0 Å². The number of ether oxygens (including phenoxy) is 1. The summed E-state index contributed by atoms with van der Waals surface area (Å²) in [6, 6.07) is 6.43. The lowest BCUT2D eigenvalue weighted by atomic mass is 10.1. The van der Waals surface area contributed by atoms with E-state index in [0.29, 0.717) is 34.1 Å². The highest BCUT2D eigenvalue weighted by atomic mass is 35.5. The fraction of sp³-hybridized carbons (Fsp3) is 0.348. The first-order valence-corrected chi connectivity index (χ1v) is 11.8. The Hall–Kier alpha value is -2.88. The monoisotopic (exact) mass is 503 g/mol. The van der Waals surface area contributed by atoms with Gasteiger partial charge in [0, 0.05) is 34.9 Å². The number of aromatic amines is 1. The Kier molecular flexibility index (Phi) is 5.35. The summed E-state index contributed by atoms with van der Waals surface area (Å²) in [7, 11) is 0. The van der Waals surface area contributed by atoms with E-state index in [1.165, 1.54) is 12.1 Å². The van der Waals surface area contributed by atoms with Gasteiger partial charge in [0.15, 0.2) is 11.8 Å². The standard InChI is InChI=1S/C23H20Cl2FN5O3/c24-15-3-4-16(26)20(25)19(15)21(12-1-2-12)34-31-18-6-5-17(28-22(18)29-23(31)32)13-9-27-30(10-13)14-7-8-33-11-14/h3-6,9-10,12,14,21H,1-2,7-8,11H2,(H,28,29,32). The van der Waals surface area contributed by atoms with E-state index < -0.39 is 17.6 Å². The Bertz CT molecular complexity index is 1440. The van der Waals surface area contributed by atoms with Crippen molar-refractivity contribution >= 4 is 34.4 Å². The molecular weight excluding hydrogens is 484 g/mol. The number of pyridine rings is 1. The Labute approximate surface area is 203 Å². The third kappa shape index (κ3) is 3.77. The van der Waals surface area contributed by atoms with E-state index in [2.05, 4.69) is 15.1 Å². The van der Waals surface area contributed by atoms with Gasteiger partial charge in [-0.1, -0.05) is 23.2 Å². The Morgan fingerprint density at radius 1 is 1.21 bits per heavy atom. The zero-order valence-electron chi connectivity index (χ0n) is 17.9. The van der Waals surface area contributed by atoms with E-state index >= 15 is 0 Å². The molecule has 3 aromatic heterocycles. The van der Waals surface area contributed by atoms with Crippen LogP contribution in [0.15, 0.2) is 41.5 Å². The number of hydrogen-bond donors (Lipinski definition) is 1. The molecule has 11 heteroatoms. The quantitative estimate of drug-likeness (QED) is 0.389. The number of imidazole rings is 1. The van der Waals surface area contributed by atoms with E-state index in [9.17, 15) is 9.18 Å². The van der Waals surface area contributed by atoms with E-state index in [0.717, 1.165) is 36.2 Å². The van der Waals surface area contributed by atoms with E-state index in [1.807, 2.05) is 10.9 Å². The Morgan fingerprint density at radius 3 is 2.82 bits per heavy atom. The van der Waals surface area contributed by atoms with Crippen molar-refractivity contribution in [1.29, 1.82) is 0 Å². The van der Waals surface area contributed by atoms with Gasteiger partial charge in [-0.15, -0.1) is 4.73 Å². The van der Waals surface area contributed by atoms with E-state index in [1.54, 1.807) is 18.3 Å². The molecule has 0 spiro atoms. The van der Waals surface area contributed by atoms with Gasteiger partial charge in [0.25, 0.3) is 0 Å². The van der Waals surface area contributed by atoms with Crippen molar-refractivity contribution in [3.63, 3.8) is 0 Å². The number of aromatic nitrogens is 5. The maximum atomic E-state index is 14.2. The molecule has 176 valence electrons. The number of fused-ring (bicyclic) bond motifs is 1. The lowest BCUT2D eigenvalue weighted by molar-refractivity contribution is 0.0233. The molecule has 8 nitrogen and oxygen atoms in total. The van der Waals surface area contributed by atoms with Crippen LogP contribution < -0.4 is 10.5 Å². The molecule has 2 aliphatic rings. The van der Waals surface area contributed by atoms with Crippen LogP contribution in [0.1, 0.15) is 37.0 Å². The summed E-state index contributed by atoms with van der Waals surface area (Å²) in [6.45, 7) is 1.37. The summed E-state index contributed by atoms with van der Waals surface area (Å²) in [6.07, 6.45) is 5.65. The molecule has 1 saturated carbocycles. The maximum Gasteiger partial charge on any atom is 0.360 e. The number of H-pyrrole nitrogens is 1. The number of halogens is 3. The Balaban J connectivity index is 1.34. The zero-order chi connectivity index (χ0) is 23.4. The molecule has 1 aliphatic carbocycles. The van der Waals surface area contributed by atoms with Crippen molar-refractivity contribution in [3.8, 4) is 11.3 Å². The SMILES string of the molecule is O=c1[nH]c2nc(-c3cnn(C4CCOC4)c3)ccc2n1OC(c1c(Cl)ccc(F)c1Cl)C1CC1. The first-order chi connectivity index (χ1) is 16.5. The van der Waals surface area contributed by atoms with Gasteiger partial charge >= 0.3 is 5.69 Å². The van der Waals surface area contributed by atoms with Crippen molar-refractivity contribution in [2.45, 2.75) is 31.4 Å². The van der Waals surface area contributed by atoms with Gasteiger partial charge in [-0.05, 0) is 43.5 Å². The number of nitrogens with zero attached hydrogens (tertiary/aromatic N) is 4. The molecule has 2 atom stereocenters. The van der Waals surface area contributed by atoms with Crippen molar-refractivity contribution in [1.82, 2.24) is 24.5 Å². The minimum absolute atomic E-state index is 0.0753. The van der Waals surface area contributed by atoms with Crippen molar-refractivity contribution < 1.29 is 14.0 Å². The summed E-state index contributed by atoms with van der Waals surface area (Å²) in [4.78, 5) is 26.2. The number of benzene rings is 1. The van der Waals surface area contributed by atoms with Gasteiger partial charge < -0.3 is 9.57 Å². The predicted molar refractivity (Wildman–Crippen MR) is 125 cm³/mol. The molecule has 0 bridgehead atoms. The fourth-order valence-electron chi connectivity index (χ4n) is 4.33. The lowest BCUT2D eigenvalue weighted by Gasteiger charge is -2.21. The molecule has 6 rings (SSSR count). The van der Waals surface area contributed by atoms with E-state index in [-0.39, 0.29) is 17.0 Å². The summed E-state index contributed by atoms with van der Waals surface area (Å²) >= 11 is 12.6. The average Bonchev–Trinajstić information content (AvgIpc) is 3.21. The largest absolute Gasteiger partial charge is 0.400 e. The molecule has 4 aromatic rings. The minimum Gasteiger partial charge on any atom is -0.400 e. The summed E-state index contributed by atoms with van der Waals surface area (Å²) in [5, 5.41) is 4.64. The maximum absolute atomic E-state index is 14.2. The second-order valence-electron chi connectivity index (χ2n) is 8.64. The number of nitrogens with one attached hydrogen (secondary N) is 1. The highest BCUT2D eigenvalue weighted by molar-refractivity contribution is 6.36. The molecule has 1 saturated heterocycles. The van der Waals surface area contributed by atoms with Crippen LogP contribution in [0.25, 0.3) is 22.4 Å². The molecule has 0 amide bonds. The molecule has 0 radical (unpaired) electrons. The van der Waals surface area contributed by atoms with Crippen molar-refractivity contribution in [3.05, 3.63) is 68.6 Å². The van der Waals surface area contributed by atoms with Gasteiger partial charge in [0.2, 0.25) is 0 Å². The third-order valence-electron chi connectivity index (χ3n) is 6.31. The van der Waals surface area contributed by atoms with Gasteiger partial charge in [-0.2, -0.15) is 5.10 Å². The van der Waals surface area contributed by atoms with Crippen LogP contribution in [0.2, 0.25) is 10.0 Å². The average molecular weight is 504 g/mol. The fourth-order valence-corrected chi connectivity index (χ4v) is 4.91. The van der Waals surface area contributed by atoms with Crippen LogP contribution >= 0.6 is 23.2 Å². The normalized spacial score (nSPS) is 19.1. The Morgan fingerprint density at radius 2 is 2.06 bits per heavy atom. The van der Waals surface area contributed by atoms with Gasteiger partial charge in [-0.3, -0.25) is 9.67 Å². The van der Waals surface area contributed by atoms with Crippen LogP contribution in [0.3, 0.4) is 0 Å². The van der Waals surface area contributed by atoms with Gasteiger partial charge in [0.05, 0.1) is 29.6 Å². The summed E-state index contributed by atoms with van der Waals surface area (Å²) < 4.78 is 22.6. The summed E-state index contributed by atoms with van der Waals surface area (Å²) in [5.74, 6) is -0.510. The van der Waals surface area contributed by atoms with Gasteiger partial charge in [-0.25, -0.2) is 14.2 Å². The number of hydrogen-bond acceptors (Lipinski definition) is 5. The molecule has 4 heterocycles. The summed E-state index contributed by atoms with van der Waals surface area (Å²) in [5.41, 5.74) is 2.18. The molecular formula is C23H20Cl2FN5O3. The first-order valence-electron chi connectivity index (χ1n) is 11.0. The molecule has 1 N–H and O–H groups in total. The lowest BCUT2D eigenvalue weighted by Crippen LogP contribution is -2.29. The molecule has 34 heavy (non-hydrogen) atoms. The van der Waals surface area contributed by atoms with Crippen LogP contribution in [0.4, 0.5) is 4.39 Å². The van der Waals surface area contributed by atoms with E-state index in [4.69, 9.17) is 32.8 Å². The van der Waals surface area contributed by atoms with Crippen molar-refractivity contribution in [2.24, 2.45) is 5.92 Å². The molecule has 2 fully saturated rings. The molecule has 1 aromatic carbocycles. The third-order valence-corrected chi connectivity index (χ3v) is 7.03. The second kappa shape index (κ2) is 8.41. The first kappa shape index (κ1) is 21.6. The predicted octanol–water partition coefficient (Wildman–Crippen LogP) is 4.58. The highest BCUT2D eigenvalue weighted by Crippen LogP contribution is 2.46. The van der Waals surface area contributed by atoms with Crippen molar-refractivity contribution in [2.75, 3.05) is 13.2 Å². The van der Waals surface area contributed by atoms with Crippen LogP contribution in [-0.2, 0) is 4.74 Å². The van der Waals surface area contributed by atoms with Crippen LogP contribution in [-0.4, -0.2) is 37.7 Å². The van der Waals surface area contributed by atoms with Gasteiger partial charge in [0.1, 0.15) is 11.3 Å². The van der Waals surface area contributed by atoms with Crippen LogP contribution in [0.5, 0.6) is 0 Å². The highest BCUT2D eigenvalue weighted by Gasteiger charge is 2.38. The second-order valence-corrected chi connectivity index (χ2v) is 9.42. The minimum atomic E-state index is -0.668. The molecule has 2 unspecified atom stereocenters. The smallest absolute Gasteiger partial charge is 0.360 e. The number of rotatable bonds is 6. The van der Waals surface area contributed by atoms with Crippen LogP contribution in [0, 0.1) is 11.7 Å². The molecule has 1 aliphatic heterocycles.